The van der Waals surface area contributed by atoms with Crippen LogP contribution in [0.25, 0.3) is 0 Å². The van der Waals surface area contributed by atoms with Crippen molar-refractivity contribution < 1.29 is 18.3 Å². The molecule has 2 nitrogen and oxygen atoms in total. The number of rotatable bonds is 7. The summed E-state index contributed by atoms with van der Waals surface area (Å²) < 4.78 is 37.1. The van der Waals surface area contributed by atoms with E-state index < -0.39 is 11.8 Å². The maximum absolute atomic E-state index is 13.2. The van der Waals surface area contributed by atoms with Gasteiger partial charge in [0.2, 0.25) is 0 Å². The Balaban J connectivity index is 2.08. The Morgan fingerprint density at radius 2 is 1.88 bits per heavy atom. The Labute approximate surface area is 96.3 Å². The Morgan fingerprint density at radius 1 is 1.25 bits per heavy atom. The monoisotopic (exact) mass is 236 g/mol. The van der Waals surface area contributed by atoms with E-state index >= 15 is 0 Å². The van der Waals surface area contributed by atoms with Crippen molar-refractivity contribution in [1.29, 1.82) is 0 Å². The zero-order valence-electron chi connectivity index (χ0n) is 10.3. The van der Waals surface area contributed by atoms with Gasteiger partial charge < -0.3 is 9.47 Å². The molecule has 0 bridgehead atoms. The molecule has 0 aromatic carbocycles. The van der Waals surface area contributed by atoms with Gasteiger partial charge in [0.1, 0.15) is 0 Å². The van der Waals surface area contributed by atoms with Gasteiger partial charge >= 0.3 is 0 Å². The predicted octanol–water partition coefficient (Wildman–Crippen LogP) is 3.25. The van der Waals surface area contributed by atoms with Crippen molar-refractivity contribution in [1.82, 2.24) is 0 Å². The zero-order chi connectivity index (χ0) is 12.2. The molecular weight excluding hydrogens is 214 g/mol. The van der Waals surface area contributed by atoms with Gasteiger partial charge in [-0.15, -0.1) is 0 Å². The number of hydrogen-bond acceptors (Lipinski definition) is 2. The fraction of sp³-hybridized carbons (Fsp3) is 1.00. The molecule has 0 amide bonds. The number of methoxy groups -OCH3 is 1. The maximum Gasteiger partial charge on any atom is 0.250 e. The molecule has 1 aliphatic carbocycles. The summed E-state index contributed by atoms with van der Waals surface area (Å²) in [6.07, 6.45) is 2.62. The number of ether oxygens (including phenoxy) is 2. The molecule has 2 atom stereocenters. The topological polar surface area (TPSA) is 18.5 Å². The smallest absolute Gasteiger partial charge is 0.250 e. The van der Waals surface area contributed by atoms with E-state index in [0.717, 1.165) is 12.8 Å². The first kappa shape index (κ1) is 13.8. The lowest BCUT2D eigenvalue weighted by Gasteiger charge is -2.35. The molecule has 96 valence electrons. The van der Waals surface area contributed by atoms with Crippen LogP contribution in [-0.4, -0.2) is 31.8 Å². The van der Waals surface area contributed by atoms with Crippen LogP contribution in [0.4, 0.5) is 8.78 Å². The van der Waals surface area contributed by atoms with Crippen molar-refractivity contribution in [3.8, 4) is 0 Å². The first-order valence-electron chi connectivity index (χ1n) is 5.99. The molecule has 0 aromatic rings. The van der Waals surface area contributed by atoms with Crippen LogP contribution in [0.5, 0.6) is 0 Å². The Kier molecular flexibility index (Phi) is 5.12. The first-order valence-corrected chi connectivity index (χ1v) is 5.99. The normalized spacial score (nSPS) is 25.9. The molecular formula is C12H22F2O2. The second kappa shape index (κ2) is 5.92. The van der Waals surface area contributed by atoms with Crippen molar-refractivity contribution in [2.45, 2.75) is 57.7 Å². The van der Waals surface area contributed by atoms with Gasteiger partial charge in [-0.25, -0.2) is 8.78 Å². The van der Waals surface area contributed by atoms with Crippen LogP contribution in [0.3, 0.4) is 0 Å². The third kappa shape index (κ3) is 3.67. The van der Waals surface area contributed by atoms with Crippen LogP contribution in [0.1, 0.15) is 39.5 Å². The van der Waals surface area contributed by atoms with Gasteiger partial charge in [-0.1, -0.05) is 13.8 Å². The SMILES string of the molecule is COC1CCC1OCCCC(F)(F)C(C)C. The summed E-state index contributed by atoms with van der Waals surface area (Å²) in [6.45, 7) is 3.51. The van der Waals surface area contributed by atoms with Crippen LogP contribution >= 0.6 is 0 Å². The van der Waals surface area contributed by atoms with Gasteiger partial charge in [0, 0.05) is 26.1 Å². The van der Waals surface area contributed by atoms with E-state index in [9.17, 15) is 8.78 Å². The van der Waals surface area contributed by atoms with E-state index in [4.69, 9.17) is 9.47 Å². The third-order valence-corrected chi connectivity index (χ3v) is 3.28. The molecule has 1 saturated carbocycles. The second-order valence-corrected chi connectivity index (χ2v) is 4.78. The highest BCUT2D eigenvalue weighted by atomic mass is 19.3. The van der Waals surface area contributed by atoms with Crippen molar-refractivity contribution in [2.75, 3.05) is 13.7 Å². The Morgan fingerprint density at radius 3 is 2.31 bits per heavy atom. The van der Waals surface area contributed by atoms with Crippen LogP contribution in [0.15, 0.2) is 0 Å². The zero-order valence-corrected chi connectivity index (χ0v) is 10.3. The Hall–Kier alpha value is -0.220. The van der Waals surface area contributed by atoms with E-state index in [1.54, 1.807) is 21.0 Å². The standard InChI is InChI=1S/C12H22F2O2/c1-9(2)12(13,14)7-4-8-16-11-6-5-10(11)15-3/h9-11H,4-8H2,1-3H3. The third-order valence-electron chi connectivity index (χ3n) is 3.28. The fourth-order valence-electron chi connectivity index (χ4n) is 1.73. The highest BCUT2D eigenvalue weighted by Gasteiger charge is 2.34. The van der Waals surface area contributed by atoms with E-state index in [0.29, 0.717) is 13.0 Å². The summed E-state index contributed by atoms with van der Waals surface area (Å²) >= 11 is 0. The quantitative estimate of drug-likeness (QED) is 0.632. The summed E-state index contributed by atoms with van der Waals surface area (Å²) in [4.78, 5) is 0. The molecule has 0 aromatic heterocycles. The molecule has 1 fully saturated rings. The average Bonchev–Trinajstić information content (AvgIpc) is 2.16. The van der Waals surface area contributed by atoms with Crippen LogP contribution in [0, 0.1) is 5.92 Å². The van der Waals surface area contributed by atoms with E-state index in [1.807, 2.05) is 0 Å². The fourth-order valence-corrected chi connectivity index (χ4v) is 1.73. The van der Waals surface area contributed by atoms with Gasteiger partial charge in [-0.3, -0.25) is 0 Å². The molecule has 1 aliphatic rings. The lowest BCUT2D eigenvalue weighted by atomic mass is 9.92. The highest BCUT2D eigenvalue weighted by Crippen LogP contribution is 2.30. The highest BCUT2D eigenvalue weighted by molar-refractivity contribution is 4.82. The van der Waals surface area contributed by atoms with Gasteiger partial charge in [0.25, 0.3) is 5.92 Å². The van der Waals surface area contributed by atoms with Crippen molar-refractivity contribution in [3.63, 3.8) is 0 Å². The molecule has 0 N–H and O–H groups in total. The maximum atomic E-state index is 13.2. The summed E-state index contributed by atoms with van der Waals surface area (Å²) in [5.41, 5.74) is 0. The minimum Gasteiger partial charge on any atom is -0.379 e. The van der Waals surface area contributed by atoms with Gasteiger partial charge in [0.15, 0.2) is 0 Å². The van der Waals surface area contributed by atoms with Crippen molar-refractivity contribution in [2.24, 2.45) is 5.92 Å². The summed E-state index contributed by atoms with van der Waals surface area (Å²) in [6, 6.07) is 0. The number of hydrogen-bond donors (Lipinski definition) is 0. The molecule has 0 radical (unpaired) electrons. The van der Waals surface area contributed by atoms with E-state index in [2.05, 4.69) is 0 Å². The predicted molar refractivity (Wildman–Crippen MR) is 58.8 cm³/mol. The average molecular weight is 236 g/mol. The molecule has 0 saturated heterocycles. The minimum absolute atomic E-state index is 0.0883. The summed E-state index contributed by atoms with van der Waals surface area (Å²) in [5.74, 6) is -3.16. The van der Waals surface area contributed by atoms with Gasteiger partial charge in [-0.05, 0) is 19.3 Å². The van der Waals surface area contributed by atoms with Crippen LogP contribution in [0.2, 0.25) is 0 Å². The second-order valence-electron chi connectivity index (χ2n) is 4.78. The largest absolute Gasteiger partial charge is 0.379 e. The van der Waals surface area contributed by atoms with Gasteiger partial charge in [-0.2, -0.15) is 0 Å². The summed E-state index contributed by atoms with van der Waals surface area (Å²) in [5, 5.41) is 0. The van der Waals surface area contributed by atoms with Crippen molar-refractivity contribution in [3.05, 3.63) is 0 Å². The molecule has 0 aliphatic heterocycles. The lowest BCUT2D eigenvalue weighted by molar-refractivity contribution is -0.119. The molecule has 1 rings (SSSR count). The molecule has 0 heterocycles. The number of alkyl halides is 2. The molecule has 0 spiro atoms. The Bertz CT molecular complexity index is 205. The van der Waals surface area contributed by atoms with Crippen LogP contribution in [-0.2, 0) is 9.47 Å². The molecule has 2 unspecified atom stereocenters. The molecule has 4 heteroatoms. The summed E-state index contributed by atoms with van der Waals surface area (Å²) in [7, 11) is 1.66. The van der Waals surface area contributed by atoms with Gasteiger partial charge in [0.05, 0.1) is 12.2 Å². The van der Waals surface area contributed by atoms with E-state index in [-0.39, 0.29) is 18.6 Å². The van der Waals surface area contributed by atoms with Crippen molar-refractivity contribution >= 4 is 0 Å². The minimum atomic E-state index is -2.57. The molecule has 16 heavy (non-hydrogen) atoms. The first-order chi connectivity index (χ1) is 7.47. The number of halogens is 2. The van der Waals surface area contributed by atoms with E-state index in [1.165, 1.54) is 0 Å². The van der Waals surface area contributed by atoms with Crippen LogP contribution < -0.4 is 0 Å². The lowest BCUT2D eigenvalue weighted by Crippen LogP contribution is -2.40.